The van der Waals surface area contributed by atoms with Gasteiger partial charge in [-0.2, -0.15) is 0 Å². The average Bonchev–Trinajstić information content (AvgIpc) is 3.10. The number of para-hydroxylation sites is 1. The van der Waals surface area contributed by atoms with E-state index >= 15 is 0 Å². The monoisotopic (exact) mass is 355 g/mol. The third-order valence-electron chi connectivity index (χ3n) is 5.53. The van der Waals surface area contributed by atoms with Gasteiger partial charge in [-0.25, -0.2) is 0 Å². The number of fused-ring (bicyclic) bond motifs is 3. The van der Waals surface area contributed by atoms with Gasteiger partial charge in [-0.15, -0.1) is 5.10 Å². The van der Waals surface area contributed by atoms with Crippen molar-refractivity contribution in [3.05, 3.63) is 42.2 Å². The van der Waals surface area contributed by atoms with Gasteiger partial charge in [0, 0.05) is 25.4 Å². The van der Waals surface area contributed by atoms with Crippen LogP contribution in [0.5, 0.6) is 0 Å². The maximum atomic E-state index is 12.7. The van der Waals surface area contributed by atoms with E-state index in [2.05, 4.69) is 20.5 Å². The van der Waals surface area contributed by atoms with Crippen LogP contribution in [0.15, 0.2) is 36.5 Å². The van der Waals surface area contributed by atoms with E-state index in [-0.39, 0.29) is 11.8 Å². The molecule has 1 amide bonds. The second-order valence-electron chi connectivity index (χ2n) is 7.26. The van der Waals surface area contributed by atoms with Gasteiger partial charge in [-0.3, -0.25) is 14.4 Å². The normalized spacial score (nSPS) is 27.4. The third-order valence-corrected chi connectivity index (χ3v) is 5.53. The molecule has 2 bridgehead atoms. The Morgan fingerprint density at radius 2 is 2.19 bits per heavy atom. The zero-order valence-corrected chi connectivity index (χ0v) is 15.0. The lowest BCUT2D eigenvalue weighted by atomic mass is 9.75. The molecule has 26 heavy (non-hydrogen) atoms. The number of nitrogens with zero attached hydrogens (tertiary/aromatic N) is 4. The lowest BCUT2D eigenvalue weighted by molar-refractivity contribution is -0.127. The zero-order valence-electron chi connectivity index (χ0n) is 15.0. The molecule has 0 saturated carbocycles. The first-order valence-electron chi connectivity index (χ1n) is 9.21. The van der Waals surface area contributed by atoms with Crippen molar-refractivity contribution in [1.29, 1.82) is 0 Å². The maximum absolute atomic E-state index is 12.7. The lowest BCUT2D eigenvalue weighted by Gasteiger charge is -2.49. The van der Waals surface area contributed by atoms with Crippen molar-refractivity contribution in [2.24, 2.45) is 11.8 Å². The smallest absolute Gasteiger partial charge is 0.229 e. The number of methoxy groups -OCH3 is 1. The number of hydrogen-bond donors (Lipinski definition) is 1. The Morgan fingerprint density at radius 1 is 1.35 bits per heavy atom. The highest BCUT2D eigenvalue weighted by molar-refractivity contribution is 5.93. The quantitative estimate of drug-likeness (QED) is 0.855. The van der Waals surface area contributed by atoms with Gasteiger partial charge in [0.15, 0.2) is 0 Å². The van der Waals surface area contributed by atoms with Gasteiger partial charge < -0.3 is 10.1 Å². The summed E-state index contributed by atoms with van der Waals surface area (Å²) in [6.45, 7) is 3.19. The van der Waals surface area contributed by atoms with Gasteiger partial charge in [0.2, 0.25) is 5.91 Å². The molecule has 1 aromatic heterocycles. The predicted octanol–water partition coefficient (Wildman–Crippen LogP) is 1.77. The summed E-state index contributed by atoms with van der Waals surface area (Å²) in [5.41, 5.74) is 1.72. The minimum Gasteiger partial charge on any atom is -0.378 e. The largest absolute Gasteiger partial charge is 0.378 e. The Morgan fingerprint density at radius 3 is 2.92 bits per heavy atom. The summed E-state index contributed by atoms with van der Waals surface area (Å²) in [5, 5.41) is 11.4. The summed E-state index contributed by atoms with van der Waals surface area (Å²) in [5.74, 6) is 0.656. The number of carbonyl (C=O) groups is 1. The van der Waals surface area contributed by atoms with E-state index < -0.39 is 0 Å². The van der Waals surface area contributed by atoms with Gasteiger partial charge >= 0.3 is 0 Å². The molecule has 1 N–H and O–H groups in total. The van der Waals surface area contributed by atoms with E-state index in [1.807, 2.05) is 41.2 Å². The van der Waals surface area contributed by atoms with Crippen molar-refractivity contribution in [2.45, 2.75) is 32.0 Å². The lowest BCUT2D eigenvalue weighted by Crippen LogP contribution is -2.57. The second kappa shape index (κ2) is 7.55. The van der Waals surface area contributed by atoms with Gasteiger partial charge in [0.25, 0.3) is 0 Å². The molecule has 138 valence electrons. The van der Waals surface area contributed by atoms with Gasteiger partial charge in [-0.1, -0.05) is 23.4 Å². The molecule has 7 heteroatoms. The molecule has 0 spiro atoms. The van der Waals surface area contributed by atoms with Crippen LogP contribution >= 0.6 is 0 Å². The Hall–Kier alpha value is -2.25. The maximum Gasteiger partial charge on any atom is 0.229 e. The molecule has 3 aliphatic heterocycles. The van der Waals surface area contributed by atoms with Crippen LogP contribution in [0.3, 0.4) is 0 Å². The first-order chi connectivity index (χ1) is 12.7. The predicted molar refractivity (Wildman–Crippen MR) is 97.4 cm³/mol. The van der Waals surface area contributed by atoms with E-state index in [4.69, 9.17) is 4.74 Å². The first kappa shape index (κ1) is 17.2. The molecule has 0 radical (unpaired) electrons. The van der Waals surface area contributed by atoms with Gasteiger partial charge in [-0.05, 0) is 37.4 Å². The highest BCUT2D eigenvalue weighted by atomic mass is 16.5. The molecule has 5 rings (SSSR count). The molecule has 1 aromatic carbocycles. The highest BCUT2D eigenvalue weighted by Crippen LogP contribution is 2.37. The minimum atomic E-state index is 0.0694. The van der Waals surface area contributed by atoms with Gasteiger partial charge in [0.05, 0.1) is 25.3 Å². The summed E-state index contributed by atoms with van der Waals surface area (Å²) >= 11 is 0. The number of amides is 1. The standard InChI is InChI=1S/C19H25N5O2/c1-26-13-16-10-24(22-21-16)11-17-9-14-7-8-23(17)12-18(14)19(25)20-15-5-3-2-4-6-15/h2-6,10,14,17-18H,7-9,11-13H2,1H3,(H,20,25)/t14?,17-,18+/m1/s1. The fraction of sp³-hybridized carbons (Fsp3) is 0.526. The van der Waals surface area contributed by atoms with Crippen LogP contribution in [0.1, 0.15) is 18.5 Å². The number of hydrogen-bond acceptors (Lipinski definition) is 5. The van der Waals surface area contributed by atoms with Crippen LogP contribution < -0.4 is 5.32 Å². The number of carbonyl (C=O) groups excluding carboxylic acids is 1. The molecule has 4 atom stereocenters. The number of anilines is 1. The molecule has 2 aromatic rings. The fourth-order valence-electron chi connectivity index (χ4n) is 4.24. The van der Waals surface area contributed by atoms with Crippen LogP contribution in [-0.4, -0.2) is 52.0 Å². The molecular formula is C19H25N5O2. The van der Waals surface area contributed by atoms with Crippen LogP contribution in [0, 0.1) is 11.8 Å². The number of aromatic nitrogens is 3. The summed E-state index contributed by atoms with van der Waals surface area (Å²) in [7, 11) is 1.66. The number of rotatable bonds is 6. The average molecular weight is 355 g/mol. The molecule has 2 unspecified atom stereocenters. The zero-order chi connectivity index (χ0) is 17.9. The molecule has 3 fully saturated rings. The Balaban J connectivity index is 1.37. The van der Waals surface area contributed by atoms with Crippen molar-refractivity contribution < 1.29 is 9.53 Å². The Bertz CT molecular complexity index is 747. The first-order valence-corrected chi connectivity index (χ1v) is 9.21. The summed E-state index contributed by atoms with van der Waals surface area (Å²) in [4.78, 5) is 15.2. The molecule has 0 aliphatic carbocycles. The Kier molecular flexibility index (Phi) is 4.99. The molecular weight excluding hydrogens is 330 g/mol. The third kappa shape index (κ3) is 3.64. The van der Waals surface area contributed by atoms with E-state index in [9.17, 15) is 4.79 Å². The minimum absolute atomic E-state index is 0.0694. The molecule has 3 aliphatic rings. The fourth-order valence-corrected chi connectivity index (χ4v) is 4.24. The van der Waals surface area contributed by atoms with E-state index in [0.717, 1.165) is 43.9 Å². The SMILES string of the molecule is COCc1cn(C[C@H]2CC3CCN2C[C@@H]3C(=O)Nc2ccccc2)nn1. The topological polar surface area (TPSA) is 72.3 Å². The van der Waals surface area contributed by atoms with Crippen molar-refractivity contribution in [2.75, 3.05) is 25.5 Å². The van der Waals surface area contributed by atoms with Crippen LogP contribution in [0.4, 0.5) is 5.69 Å². The van der Waals surface area contributed by atoms with Crippen LogP contribution in [0.25, 0.3) is 0 Å². The van der Waals surface area contributed by atoms with Crippen molar-refractivity contribution >= 4 is 11.6 Å². The number of benzene rings is 1. The summed E-state index contributed by atoms with van der Waals surface area (Å²) < 4.78 is 7.00. The van der Waals surface area contributed by atoms with Crippen molar-refractivity contribution in [3.8, 4) is 0 Å². The summed E-state index contributed by atoms with van der Waals surface area (Å²) in [6, 6.07) is 10.1. The molecule has 3 saturated heterocycles. The highest BCUT2D eigenvalue weighted by Gasteiger charge is 2.43. The van der Waals surface area contributed by atoms with Crippen LogP contribution in [-0.2, 0) is 22.7 Å². The van der Waals surface area contributed by atoms with Crippen molar-refractivity contribution in [1.82, 2.24) is 19.9 Å². The van der Waals surface area contributed by atoms with E-state index in [0.29, 0.717) is 18.6 Å². The molecule has 7 nitrogen and oxygen atoms in total. The van der Waals surface area contributed by atoms with Crippen molar-refractivity contribution in [3.63, 3.8) is 0 Å². The molecule has 4 heterocycles. The second-order valence-corrected chi connectivity index (χ2v) is 7.26. The van der Waals surface area contributed by atoms with Crippen LogP contribution in [0.2, 0.25) is 0 Å². The van der Waals surface area contributed by atoms with E-state index in [1.54, 1.807) is 7.11 Å². The Labute approximate surface area is 153 Å². The van der Waals surface area contributed by atoms with Gasteiger partial charge in [0.1, 0.15) is 5.69 Å². The van der Waals surface area contributed by atoms with E-state index in [1.165, 1.54) is 0 Å². The number of ether oxygens (including phenoxy) is 1. The number of nitrogens with one attached hydrogen (secondary N) is 1. The number of piperidine rings is 3. The summed E-state index contributed by atoms with van der Waals surface area (Å²) in [6.07, 6.45) is 4.08.